The van der Waals surface area contributed by atoms with Gasteiger partial charge >= 0.3 is 0 Å². The minimum atomic E-state index is -0.00322. The Morgan fingerprint density at radius 1 is 0.548 bits per heavy atom. The highest BCUT2D eigenvalue weighted by atomic mass is 15.0. The Hall–Kier alpha value is -5.28. The molecule has 200 valence electrons. The SMILES string of the molecule is CC1(C)c2ccccc2-c2c1ccc1c2ccn1-c1ccc(-c2nc(-c3ccccc3)cc(-c3ccccc3)n2)cc1. The van der Waals surface area contributed by atoms with Crippen LogP contribution in [0.25, 0.3) is 61.6 Å². The quantitative estimate of drug-likeness (QED) is 0.223. The Labute approximate surface area is 245 Å². The molecule has 42 heavy (non-hydrogen) atoms. The molecule has 0 amide bonds. The molecule has 0 saturated heterocycles. The van der Waals surface area contributed by atoms with Crippen LogP contribution in [0.15, 0.2) is 140 Å². The lowest BCUT2D eigenvalue weighted by molar-refractivity contribution is 0.661. The first-order chi connectivity index (χ1) is 20.6. The van der Waals surface area contributed by atoms with Crippen molar-refractivity contribution in [3.8, 4) is 50.7 Å². The molecule has 0 radical (unpaired) electrons. The minimum Gasteiger partial charge on any atom is -0.317 e. The van der Waals surface area contributed by atoms with Gasteiger partial charge in [-0.1, -0.05) is 105 Å². The van der Waals surface area contributed by atoms with E-state index in [1.165, 1.54) is 33.2 Å². The molecule has 3 nitrogen and oxygen atoms in total. The van der Waals surface area contributed by atoms with Crippen LogP contribution in [-0.2, 0) is 5.41 Å². The summed E-state index contributed by atoms with van der Waals surface area (Å²) >= 11 is 0. The molecule has 8 rings (SSSR count). The van der Waals surface area contributed by atoms with Crippen LogP contribution in [0, 0.1) is 0 Å². The lowest BCUT2D eigenvalue weighted by Crippen LogP contribution is -2.14. The van der Waals surface area contributed by atoms with Gasteiger partial charge in [0.05, 0.1) is 16.9 Å². The van der Waals surface area contributed by atoms with Gasteiger partial charge in [0.1, 0.15) is 0 Å². The van der Waals surface area contributed by atoms with E-state index in [9.17, 15) is 0 Å². The molecule has 1 aliphatic rings. The maximum Gasteiger partial charge on any atom is 0.160 e. The van der Waals surface area contributed by atoms with Crippen molar-refractivity contribution in [1.82, 2.24) is 14.5 Å². The first kappa shape index (κ1) is 24.5. The van der Waals surface area contributed by atoms with Gasteiger partial charge < -0.3 is 4.57 Å². The lowest BCUT2D eigenvalue weighted by atomic mass is 9.82. The van der Waals surface area contributed by atoms with Crippen LogP contribution in [0.2, 0.25) is 0 Å². The molecule has 0 unspecified atom stereocenters. The summed E-state index contributed by atoms with van der Waals surface area (Å²) in [7, 11) is 0. The predicted molar refractivity (Wildman–Crippen MR) is 173 cm³/mol. The van der Waals surface area contributed by atoms with E-state index in [0.717, 1.165) is 39.6 Å². The van der Waals surface area contributed by atoms with E-state index in [-0.39, 0.29) is 5.41 Å². The zero-order valence-corrected chi connectivity index (χ0v) is 23.6. The van der Waals surface area contributed by atoms with Gasteiger partial charge in [-0.3, -0.25) is 0 Å². The zero-order valence-electron chi connectivity index (χ0n) is 23.6. The van der Waals surface area contributed by atoms with Crippen molar-refractivity contribution in [3.63, 3.8) is 0 Å². The molecule has 2 heterocycles. The Kier molecular flexibility index (Phi) is 5.48. The van der Waals surface area contributed by atoms with Crippen molar-refractivity contribution in [2.75, 3.05) is 0 Å². The van der Waals surface area contributed by atoms with E-state index in [0.29, 0.717) is 0 Å². The van der Waals surface area contributed by atoms with Gasteiger partial charge in [-0.15, -0.1) is 0 Å². The van der Waals surface area contributed by atoms with Gasteiger partial charge in [0.2, 0.25) is 0 Å². The molecule has 0 saturated carbocycles. The molecular formula is C39H29N3. The predicted octanol–water partition coefficient (Wildman–Crippen LogP) is 9.73. The second kappa shape index (κ2) is 9.39. The molecule has 0 bridgehead atoms. The van der Waals surface area contributed by atoms with Crippen molar-refractivity contribution in [2.24, 2.45) is 0 Å². The van der Waals surface area contributed by atoms with Crippen LogP contribution in [0.3, 0.4) is 0 Å². The molecule has 0 atom stereocenters. The Bertz CT molecular complexity index is 2030. The molecule has 1 aliphatic carbocycles. The van der Waals surface area contributed by atoms with Gasteiger partial charge in [0.25, 0.3) is 0 Å². The summed E-state index contributed by atoms with van der Waals surface area (Å²) in [5.74, 6) is 0.718. The van der Waals surface area contributed by atoms with Gasteiger partial charge in [-0.2, -0.15) is 0 Å². The van der Waals surface area contributed by atoms with Crippen LogP contribution >= 0.6 is 0 Å². The largest absolute Gasteiger partial charge is 0.317 e. The molecule has 0 spiro atoms. The van der Waals surface area contributed by atoms with Crippen LogP contribution in [0.1, 0.15) is 25.0 Å². The van der Waals surface area contributed by atoms with E-state index < -0.39 is 0 Å². The van der Waals surface area contributed by atoms with Gasteiger partial charge in [0.15, 0.2) is 5.82 Å². The fourth-order valence-electron chi connectivity index (χ4n) is 6.51. The highest BCUT2D eigenvalue weighted by Crippen LogP contribution is 2.51. The van der Waals surface area contributed by atoms with E-state index in [4.69, 9.17) is 9.97 Å². The fourth-order valence-corrected chi connectivity index (χ4v) is 6.51. The average molecular weight is 540 g/mol. The van der Waals surface area contributed by atoms with Crippen molar-refractivity contribution < 1.29 is 0 Å². The molecular weight excluding hydrogens is 510 g/mol. The summed E-state index contributed by atoms with van der Waals surface area (Å²) in [6, 6.07) is 47.0. The van der Waals surface area contributed by atoms with Gasteiger partial charge in [-0.05, 0) is 64.7 Å². The van der Waals surface area contributed by atoms with E-state index in [1.54, 1.807) is 0 Å². The maximum absolute atomic E-state index is 5.00. The van der Waals surface area contributed by atoms with Crippen molar-refractivity contribution in [3.05, 3.63) is 151 Å². The third-order valence-corrected chi connectivity index (χ3v) is 8.68. The summed E-state index contributed by atoms with van der Waals surface area (Å²) < 4.78 is 2.28. The monoisotopic (exact) mass is 539 g/mol. The first-order valence-corrected chi connectivity index (χ1v) is 14.4. The zero-order chi connectivity index (χ0) is 28.3. The van der Waals surface area contributed by atoms with Crippen molar-refractivity contribution in [2.45, 2.75) is 19.3 Å². The smallest absolute Gasteiger partial charge is 0.160 e. The molecule has 7 aromatic rings. The number of hydrogen-bond acceptors (Lipinski definition) is 2. The highest BCUT2D eigenvalue weighted by molar-refractivity contribution is 6.02. The third kappa shape index (κ3) is 3.82. The van der Waals surface area contributed by atoms with Crippen LogP contribution < -0.4 is 0 Å². The number of hydrogen-bond donors (Lipinski definition) is 0. The standard InChI is InChI=1S/C39H29N3/c1-39(2)32-16-10-9-15-30(32)37-31-23-24-42(36(31)22-21-33(37)39)29-19-17-28(18-20-29)38-40-34(26-11-5-3-6-12-26)25-35(41-38)27-13-7-4-8-14-27/h3-25H,1-2H3. The summed E-state index contributed by atoms with van der Waals surface area (Å²) in [6.07, 6.45) is 2.19. The first-order valence-electron chi connectivity index (χ1n) is 14.4. The van der Waals surface area contributed by atoms with E-state index >= 15 is 0 Å². The second-order valence-corrected chi connectivity index (χ2v) is 11.5. The highest BCUT2D eigenvalue weighted by Gasteiger charge is 2.36. The van der Waals surface area contributed by atoms with Crippen molar-refractivity contribution in [1.29, 1.82) is 0 Å². The summed E-state index contributed by atoms with van der Waals surface area (Å²) in [6.45, 7) is 4.66. The number of benzene rings is 5. The molecule has 5 aromatic carbocycles. The molecule has 3 heteroatoms. The Morgan fingerprint density at radius 2 is 1.17 bits per heavy atom. The van der Waals surface area contributed by atoms with E-state index in [2.05, 4.69) is 122 Å². The minimum absolute atomic E-state index is 0.00322. The Balaban J connectivity index is 1.21. The number of fused-ring (bicyclic) bond motifs is 5. The molecule has 2 aromatic heterocycles. The molecule has 0 aliphatic heterocycles. The van der Waals surface area contributed by atoms with Crippen LogP contribution in [0.5, 0.6) is 0 Å². The summed E-state index contributed by atoms with van der Waals surface area (Å²) in [5, 5.41) is 1.29. The van der Waals surface area contributed by atoms with Crippen LogP contribution in [-0.4, -0.2) is 14.5 Å². The summed E-state index contributed by atoms with van der Waals surface area (Å²) in [4.78, 5) is 10.00. The Morgan fingerprint density at radius 3 is 1.83 bits per heavy atom. The number of rotatable bonds is 4. The molecule has 0 N–H and O–H groups in total. The fraction of sp³-hybridized carbons (Fsp3) is 0.0769. The van der Waals surface area contributed by atoms with E-state index in [1.807, 2.05) is 36.4 Å². The van der Waals surface area contributed by atoms with Gasteiger partial charge in [-0.25, -0.2) is 9.97 Å². The number of aromatic nitrogens is 3. The van der Waals surface area contributed by atoms with Crippen LogP contribution in [0.4, 0.5) is 0 Å². The maximum atomic E-state index is 5.00. The average Bonchev–Trinajstić information content (AvgIpc) is 3.58. The number of nitrogens with zero attached hydrogens (tertiary/aromatic N) is 3. The lowest BCUT2D eigenvalue weighted by Gasteiger charge is -2.21. The van der Waals surface area contributed by atoms with Gasteiger partial charge in [0, 0.05) is 39.4 Å². The molecule has 0 fully saturated rings. The summed E-state index contributed by atoms with van der Waals surface area (Å²) in [5.41, 5.74) is 12.8. The third-order valence-electron chi connectivity index (χ3n) is 8.68. The second-order valence-electron chi connectivity index (χ2n) is 11.5. The normalized spacial score (nSPS) is 13.2. The van der Waals surface area contributed by atoms with Crippen molar-refractivity contribution >= 4 is 10.9 Å². The topological polar surface area (TPSA) is 30.7 Å².